The number of aryl methyl sites for hydroxylation is 1. The number of carbonyl (C=O) groups excluding carboxylic acids is 2. The van der Waals surface area contributed by atoms with Crippen LogP contribution in [0, 0.1) is 12.3 Å². The maximum atomic E-state index is 12.4. The van der Waals surface area contributed by atoms with Gasteiger partial charge >= 0.3 is 12.2 Å². The Labute approximate surface area is 163 Å². The molecule has 1 aromatic rings. The molecule has 1 aliphatic heterocycles. The number of amides is 3. The van der Waals surface area contributed by atoms with Gasteiger partial charge in [-0.25, -0.2) is 9.78 Å². The lowest BCUT2D eigenvalue weighted by Gasteiger charge is -2.17. The van der Waals surface area contributed by atoms with Crippen molar-refractivity contribution in [3.05, 3.63) is 22.3 Å². The molecule has 1 aromatic heterocycles. The van der Waals surface area contributed by atoms with E-state index in [1.807, 2.05) is 0 Å². The van der Waals surface area contributed by atoms with Gasteiger partial charge in [-0.15, -0.1) is 0 Å². The van der Waals surface area contributed by atoms with E-state index in [4.69, 9.17) is 11.1 Å². The van der Waals surface area contributed by atoms with Crippen molar-refractivity contribution in [1.29, 1.82) is 5.41 Å². The second kappa shape index (κ2) is 9.04. The van der Waals surface area contributed by atoms with E-state index in [2.05, 4.69) is 10.3 Å². The molecular formula is C16H21F3N6O2S. The van der Waals surface area contributed by atoms with Gasteiger partial charge in [0.2, 0.25) is 0 Å². The minimum atomic E-state index is -4.24. The topological polar surface area (TPSA) is 115 Å². The zero-order valence-electron chi connectivity index (χ0n) is 15.2. The largest absolute Gasteiger partial charge is 0.401 e. The van der Waals surface area contributed by atoms with Crippen molar-refractivity contribution in [2.75, 3.05) is 31.1 Å². The molecule has 4 N–H and O–H groups in total. The highest BCUT2D eigenvalue weighted by Crippen LogP contribution is 2.29. The summed E-state index contributed by atoms with van der Waals surface area (Å²) in [6, 6.07) is -0.416. The predicted octanol–water partition coefficient (Wildman–Crippen LogP) is 2.26. The number of thiazole rings is 1. The standard InChI is InChI=1S/C16H21F3N6O2S/c1-10-12(13(26)22-9-11(21)3-5-20)28-14(23-10)25-8-7-24(15(25)27)6-2-4-16(17,18)19/h3,5,20H,2,4,6-9,21H2,1H3,(H,22,26). The number of hydrogen-bond donors (Lipinski definition) is 3. The molecule has 0 aromatic carbocycles. The molecule has 2 heterocycles. The Hall–Kier alpha value is -2.63. The van der Waals surface area contributed by atoms with E-state index in [0.717, 1.165) is 17.6 Å². The van der Waals surface area contributed by atoms with E-state index in [0.29, 0.717) is 34.5 Å². The molecule has 2 rings (SSSR count). The first kappa shape index (κ1) is 21.7. The molecule has 0 saturated carbocycles. The van der Waals surface area contributed by atoms with E-state index in [1.165, 1.54) is 15.9 Å². The summed E-state index contributed by atoms with van der Waals surface area (Å²) < 4.78 is 36.8. The van der Waals surface area contributed by atoms with Crippen LogP contribution < -0.4 is 16.0 Å². The molecule has 0 unspecified atom stereocenters. The van der Waals surface area contributed by atoms with Gasteiger partial charge in [0.15, 0.2) is 5.13 Å². The van der Waals surface area contributed by atoms with Crippen molar-refractivity contribution in [2.24, 2.45) is 5.73 Å². The molecule has 0 radical (unpaired) electrons. The lowest BCUT2D eigenvalue weighted by Crippen LogP contribution is -2.32. The molecular weight excluding hydrogens is 397 g/mol. The van der Waals surface area contributed by atoms with Crippen LogP contribution in [0.5, 0.6) is 0 Å². The van der Waals surface area contributed by atoms with Gasteiger partial charge in [-0.3, -0.25) is 9.69 Å². The summed E-state index contributed by atoms with van der Waals surface area (Å²) in [5.41, 5.74) is 6.36. The minimum absolute atomic E-state index is 0.0190. The Morgan fingerprint density at radius 1 is 1.43 bits per heavy atom. The third-order valence-corrected chi connectivity index (χ3v) is 5.14. The number of hydrogen-bond acceptors (Lipinski definition) is 6. The number of halogens is 3. The van der Waals surface area contributed by atoms with Crippen LogP contribution in [-0.4, -0.2) is 60.4 Å². The fourth-order valence-corrected chi connectivity index (χ4v) is 3.58. The molecule has 1 aliphatic rings. The van der Waals surface area contributed by atoms with E-state index >= 15 is 0 Å². The summed E-state index contributed by atoms with van der Waals surface area (Å²) in [6.07, 6.45) is -2.97. The second-order valence-electron chi connectivity index (χ2n) is 6.14. The molecule has 1 fully saturated rings. The lowest BCUT2D eigenvalue weighted by atomic mass is 10.3. The number of anilines is 1. The maximum absolute atomic E-state index is 12.4. The number of rotatable bonds is 8. The third kappa shape index (κ3) is 5.68. The second-order valence-corrected chi connectivity index (χ2v) is 7.12. The van der Waals surface area contributed by atoms with Gasteiger partial charge < -0.3 is 21.4 Å². The van der Waals surface area contributed by atoms with Crippen molar-refractivity contribution in [1.82, 2.24) is 15.2 Å². The summed E-state index contributed by atoms with van der Waals surface area (Å²) in [6.45, 7) is 2.32. The normalized spacial score (nSPS) is 15.3. The third-order valence-electron chi connectivity index (χ3n) is 3.96. The number of nitrogens with two attached hydrogens (primary N) is 1. The summed E-state index contributed by atoms with van der Waals surface area (Å²) in [7, 11) is 0. The zero-order valence-corrected chi connectivity index (χ0v) is 16.0. The highest BCUT2D eigenvalue weighted by atomic mass is 32.1. The van der Waals surface area contributed by atoms with Crippen LogP contribution in [0.25, 0.3) is 0 Å². The predicted molar refractivity (Wildman–Crippen MR) is 99.8 cm³/mol. The van der Waals surface area contributed by atoms with E-state index < -0.39 is 24.5 Å². The maximum Gasteiger partial charge on any atom is 0.389 e. The van der Waals surface area contributed by atoms with Crippen molar-refractivity contribution in [3.63, 3.8) is 0 Å². The first-order valence-electron chi connectivity index (χ1n) is 8.46. The molecule has 3 amide bonds. The number of nitrogens with one attached hydrogen (secondary N) is 2. The monoisotopic (exact) mass is 418 g/mol. The Balaban J connectivity index is 1.98. The fourth-order valence-electron chi connectivity index (χ4n) is 2.57. The van der Waals surface area contributed by atoms with Gasteiger partial charge in [0.1, 0.15) is 4.88 Å². The van der Waals surface area contributed by atoms with Crippen LogP contribution in [0.1, 0.15) is 28.2 Å². The zero-order chi connectivity index (χ0) is 20.9. The average molecular weight is 418 g/mol. The number of carbonyl (C=O) groups is 2. The molecule has 0 bridgehead atoms. The van der Waals surface area contributed by atoms with Gasteiger partial charge in [0, 0.05) is 38.0 Å². The molecule has 1 saturated heterocycles. The number of nitrogens with zero attached hydrogens (tertiary/aromatic N) is 3. The van der Waals surface area contributed by atoms with E-state index in [1.54, 1.807) is 6.92 Å². The van der Waals surface area contributed by atoms with Gasteiger partial charge in [-0.1, -0.05) is 11.3 Å². The highest BCUT2D eigenvalue weighted by molar-refractivity contribution is 7.17. The first-order valence-corrected chi connectivity index (χ1v) is 9.28. The van der Waals surface area contributed by atoms with Crippen LogP contribution >= 0.6 is 11.3 Å². The van der Waals surface area contributed by atoms with Crippen LogP contribution in [0.3, 0.4) is 0 Å². The Kier molecular flexibility index (Phi) is 7.00. The fraction of sp³-hybridized carbons (Fsp3) is 0.500. The molecule has 0 atom stereocenters. The highest BCUT2D eigenvalue weighted by Gasteiger charge is 2.33. The van der Waals surface area contributed by atoms with Crippen molar-refractivity contribution < 1.29 is 22.8 Å². The van der Waals surface area contributed by atoms with Crippen LogP contribution in [-0.2, 0) is 0 Å². The molecule has 28 heavy (non-hydrogen) atoms. The number of aromatic nitrogens is 1. The lowest BCUT2D eigenvalue weighted by molar-refractivity contribution is -0.135. The first-order chi connectivity index (χ1) is 13.1. The number of alkyl halides is 3. The van der Waals surface area contributed by atoms with Crippen molar-refractivity contribution in [2.45, 2.75) is 25.9 Å². The van der Waals surface area contributed by atoms with Crippen LogP contribution in [0.2, 0.25) is 0 Å². The van der Waals surface area contributed by atoms with Crippen LogP contribution in [0.4, 0.5) is 23.1 Å². The van der Waals surface area contributed by atoms with Gasteiger partial charge in [-0.05, 0) is 19.4 Å². The average Bonchev–Trinajstić information content (AvgIpc) is 3.15. The number of urea groups is 1. The van der Waals surface area contributed by atoms with Gasteiger partial charge in [-0.2, -0.15) is 13.2 Å². The minimum Gasteiger partial charge on any atom is -0.401 e. The molecule has 0 spiro atoms. The summed E-state index contributed by atoms with van der Waals surface area (Å²) in [4.78, 5) is 32.0. The Bertz CT molecular complexity index is 777. The van der Waals surface area contributed by atoms with Crippen molar-refractivity contribution >= 4 is 34.6 Å². The van der Waals surface area contributed by atoms with Gasteiger partial charge in [0.25, 0.3) is 5.91 Å². The molecule has 154 valence electrons. The molecule has 8 nitrogen and oxygen atoms in total. The van der Waals surface area contributed by atoms with E-state index in [9.17, 15) is 22.8 Å². The Morgan fingerprint density at radius 2 is 2.14 bits per heavy atom. The number of allylic oxidation sites excluding steroid dienone is 1. The SMILES string of the molecule is Cc1nc(N2CCN(CCCC(F)(F)F)C2=O)sc1C(=O)NCC(N)=CC=N. The summed E-state index contributed by atoms with van der Waals surface area (Å²) >= 11 is 1.03. The van der Waals surface area contributed by atoms with Crippen molar-refractivity contribution in [3.8, 4) is 0 Å². The molecule has 12 heteroatoms. The van der Waals surface area contributed by atoms with E-state index in [-0.39, 0.29) is 19.5 Å². The quantitative estimate of drug-likeness (QED) is 0.562. The Morgan fingerprint density at radius 3 is 2.79 bits per heavy atom. The molecule has 0 aliphatic carbocycles. The van der Waals surface area contributed by atoms with Crippen LogP contribution in [0.15, 0.2) is 11.8 Å². The summed E-state index contributed by atoms with van der Waals surface area (Å²) in [5.74, 6) is -0.406. The smallest absolute Gasteiger partial charge is 0.389 e. The summed E-state index contributed by atoms with van der Waals surface area (Å²) in [5, 5.41) is 9.86. The van der Waals surface area contributed by atoms with Gasteiger partial charge in [0.05, 0.1) is 12.2 Å².